The molecule has 0 rings (SSSR count). The van der Waals surface area contributed by atoms with Gasteiger partial charge < -0.3 is 102 Å². The third kappa shape index (κ3) is 49.1. The molecule has 0 fully saturated rings. The minimum absolute atomic E-state index is 0. The first-order valence-corrected chi connectivity index (χ1v) is 0. The molecule has 0 nitrogen and oxygen atoms in total. The summed E-state index contributed by atoms with van der Waals surface area (Å²) in [6, 6.07) is 0. The predicted octanol–water partition coefficient (Wildman–Crippen LogP) is -18.0. The van der Waals surface area contributed by atoms with Gasteiger partial charge >= 0.3 is 40.2 Å². The zero-order valence-electron chi connectivity index (χ0n) is 2.93. The first-order chi connectivity index (χ1) is 0. The molecule has 0 saturated heterocycles. The van der Waals surface area contributed by atoms with Gasteiger partial charge in [0.05, 0.1) is 0 Å². The molecule has 0 saturated carbocycles. The molecule has 8 heteroatoms. The molecule has 0 bridgehead atoms. The van der Waals surface area contributed by atoms with Crippen LogP contribution in [0, 0.1) is 0 Å². The summed E-state index contributed by atoms with van der Waals surface area (Å²) in [6.07, 6.45) is 0. The van der Waals surface area contributed by atoms with Gasteiger partial charge in [0.25, 0.3) is 0 Å². The van der Waals surface area contributed by atoms with Crippen molar-refractivity contribution < 1.29 is 142 Å². The zero-order chi connectivity index (χ0) is 0. The third-order valence-electron chi connectivity index (χ3n) is 0. The Morgan fingerprint density at radius 1 is 0.250 bits per heavy atom. The van der Waals surface area contributed by atoms with Crippen LogP contribution in [0.3, 0.4) is 0 Å². The van der Waals surface area contributed by atoms with Crippen molar-refractivity contribution in [1.29, 1.82) is 0 Å². The molecular weight excluding hydrogens is 864 g/mol. The molecule has 0 aromatic heterocycles. The van der Waals surface area contributed by atoms with Crippen LogP contribution >= 0.6 is 0 Å². The van der Waals surface area contributed by atoms with Gasteiger partial charge in [-0.15, -0.1) is 0 Å². The summed E-state index contributed by atoms with van der Waals surface area (Å²) in [5, 5.41) is 0. The van der Waals surface area contributed by atoms with Crippen LogP contribution < -0.4 is 102 Å². The SMILES string of the molecule is [Br-].[Br-].[Br-].[Br-].[Br-].[Br-].[Ir+3].[Ir+3]. The Hall–Kier alpha value is 4.18. The standard InChI is InChI=1S/6BrH.2Ir/h6*1H;;/q;;;;;;2*+3/p-6. The quantitative estimate of drug-likeness (QED) is 0.228. The Balaban J connectivity index is 0. The molecule has 0 atom stereocenters. The summed E-state index contributed by atoms with van der Waals surface area (Å²) in [7, 11) is 0. The number of hydrogen-bond acceptors (Lipinski definition) is 0. The molecule has 0 aliphatic heterocycles. The Kier molecular flexibility index (Phi) is 723. The number of rotatable bonds is 0. The monoisotopic (exact) mass is 859 g/mol. The van der Waals surface area contributed by atoms with E-state index in [0.717, 1.165) is 0 Å². The van der Waals surface area contributed by atoms with Gasteiger partial charge in [0.2, 0.25) is 0 Å². The van der Waals surface area contributed by atoms with Gasteiger partial charge in [0.15, 0.2) is 0 Å². The Morgan fingerprint density at radius 2 is 0.250 bits per heavy atom. The molecule has 0 unspecified atom stereocenters. The van der Waals surface area contributed by atoms with Crippen LogP contribution in [0.2, 0.25) is 0 Å². The number of hydrogen-bond donors (Lipinski definition) is 0. The summed E-state index contributed by atoms with van der Waals surface area (Å²) in [5.74, 6) is 0. The molecule has 60 valence electrons. The molecule has 0 N–H and O–H groups in total. The van der Waals surface area contributed by atoms with E-state index < -0.39 is 0 Å². The second-order valence-corrected chi connectivity index (χ2v) is 0. The molecule has 0 aliphatic carbocycles. The van der Waals surface area contributed by atoms with E-state index in [4.69, 9.17) is 0 Å². The maximum absolute atomic E-state index is 0. The smallest absolute Gasteiger partial charge is 1.00 e. The van der Waals surface area contributed by atoms with Gasteiger partial charge in [0, 0.05) is 0 Å². The van der Waals surface area contributed by atoms with Crippen LogP contribution in [0.15, 0.2) is 0 Å². The maximum atomic E-state index is 0. The minimum Gasteiger partial charge on any atom is -1.00 e. The molecule has 0 spiro atoms. The van der Waals surface area contributed by atoms with Crippen molar-refractivity contribution in [3.8, 4) is 0 Å². The van der Waals surface area contributed by atoms with E-state index in [9.17, 15) is 0 Å². The van der Waals surface area contributed by atoms with Crippen molar-refractivity contribution in [2.45, 2.75) is 0 Å². The molecule has 0 aromatic carbocycles. The fourth-order valence-electron chi connectivity index (χ4n) is 0. The van der Waals surface area contributed by atoms with Gasteiger partial charge in [-0.3, -0.25) is 0 Å². The average molecular weight is 864 g/mol. The van der Waals surface area contributed by atoms with E-state index in [2.05, 4.69) is 0 Å². The number of halogens is 6. The molecule has 0 amide bonds. The van der Waals surface area contributed by atoms with Crippen LogP contribution in [-0.4, -0.2) is 0 Å². The van der Waals surface area contributed by atoms with E-state index >= 15 is 0 Å². The normalized spacial score (nSPS) is 0. The largest absolute Gasteiger partial charge is 3.00 e. The van der Waals surface area contributed by atoms with Crippen molar-refractivity contribution in [1.82, 2.24) is 0 Å². The van der Waals surface area contributed by atoms with E-state index in [0.29, 0.717) is 0 Å². The second kappa shape index (κ2) is 66.3. The van der Waals surface area contributed by atoms with Gasteiger partial charge in [-0.2, -0.15) is 0 Å². The van der Waals surface area contributed by atoms with Crippen molar-refractivity contribution >= 4 is 0 Å². The van der Waals surface area contributed by atoms with Crippen molar-refractivity contribution in [3.05, 3.63) is 0 Å². The summed E-state index contributed by atoms with van der Waals surface area (Å²) in [4.78, 5) is 0. The first-order valence-electron chi connectivity index (χ1n) is 0. The summed E-state index contributed by atoms with van der Waals surface area (Å²) < 4.78 is 0. The predicted molar refractivity (Wildman–Crippen MR) is 0 cm³/mol. The molecule has 0 aromatic rings. The zero-order valence-corrected chi connectivity index (χ0v) is 17.2. The summed E-state index contributed by atoms with van der Waals surface area (Å²) in [5.41, 5.74) is 0. The van der Waals surface area contributed by atoms with Crippen LogP contribution in [0.1, 0.15) is 0 Å². The van der Waals surface area contributed by atoms with Crippen molar-refractivity contribution in [2.75, 3.05) is 0 Å². The van der Waals surface area contributed by atoms with E-state index in [1.165, 1.54) is 0 Å². The van der Waals surface area contributed by atoms with Crippen LogP contribution in [0.4, 0.5) is 0 Å². The molecular formula is Br6Ir2. The second-order valence-electron chi connectivity index (χ2n) is 0. The summed E-state index contributed by atoms with van der Waals surface area (Å²) in [6.45, 7) is 0. The van der Waals surface area contributed by atoms with Gasteiger partial charge in [-0.05, 0) is 0 Å². The van der Waals surface area contributed by atoms with E-state index in [1.807, 2.05) is 0 Å². The first kappa shape index (κ1) is 87.2. The average Bonchev–Trinajstić information content (AvgIpc) is 0. The minimum atomic E-state index is 0. The maximum Gasteiger partial charge on any atom is 3.00 e. The molecule has 0 aliphatic rings. The topological polar surface area (TPSA) is 0 Å². The third-order valence-corrected chi connectivity index (χ3v) is 0. The van der Waals surface area contributed by atoms with E-state index in [-0.39, 0.29) is 142 Å². The fourth-order valence-corrected chi connectivity index (χ4v) is 0. The van der Waals surface area contributed by atoms with Crippen molar-refractivity contribution in [2.24, 2.45) is 0 Å². The summed E-state index contributed by atoms with van der Waals surface area (Å²) >= 11 is 0. The van der Waals surface area contributed by atoms with E-state index in [1.54, 1.807) is 0 Å². The van der Waals surface area contributed by atoms with Crippen LogP contribution in [0.25, 0.3) is 0 Å². The van der Waals surface area contributed by atoms with Gasteiger partial charge in [-0.1, -0.05) is 0 Å². The Labute approximate surface area is 139 Å². The Bertz CT molecular complexity index is 6.49. The van der Waals surface area contributed by atoms with Gasteiger partial charge in [0.1, 0.15) is 0 Å². The molecule has 0 radical (unpaired) electrons. The van der Waals surface area contributed by atoms with Crippen molar-refractivity contribution in [3.63, 3.8) is 0 Å². The molecule has 0 heterocycles. The van der Waals surface area contributed by atoms with Gasteiger partial charge in [-0.25, -0.2) is 0 Å². The van der Waals surface area contributed by atoms with Crippen LogP contribution in [-0.2, 0) is 40.2 Å². The molecule has 8 heavy (non-hydrogen) atoms. The van der Waals surface area contributed by atoms with Crippen LogP contribution in [0.5, 0.6) is 0 Å². The fraction of sp³-hybridized carbons (Fsp3) is 0. The Morgan fingerprint density at radius 3 is 0.250 bits per heavy atom.